The van der Waals surface area contributed by atoms with Crippen LogP contribution >= 0.6 is 0 Å². The van der Waals surface area contributed by atoms with Gasteiger partial charge in [0.2, 0.25) is 0 Å². The zero-order valence-corrected chi connectivity index (χ0v) is 14.6. The number of piperidine rings is 1. The maximum atomic E-state index is 13.0. The number of nitrogens with zero attached hydrogens (tertiary/aromatic N) is 1. The van der Waals surface area contributed by atoms with Gasteiger partial charge in [0.1, 0.15) is 6.10 Å². The van der Waals surface area contributed by atoms with E-state index in [9.17, 15) is 9.90 Å². The Morgan fingerprint density at radius 2 is 1.71 bits per heavy atom. The number of carbonyl (C=O) groups excluding carboxylic acids is 1. The largest absolute Gasteiger partial charge is 0.460 e. The van der Waals surface area contributed by atoms with Crippen molar-refractivity contribution in [3.8, 4) is 0 Å². The lowest BCUT2D eigenvalue weighted by atomic mass is 9.73. The molecule has 1 aliphatic carbocycles. The first-order chi connectivity index (χ1) is 11.6. The Kier molecular flexibility index (Phi) is 5.57. The lowest BCUT2D eigenvalue weighted by Gasteiger charge is -2.38. The lowest BCUT2D eigenvalue weighted by molar-refractivity contribution is -0.183. The molecule has 1 N–H and O–H groups in total. The molecule has 4 nitrogen and oxygen atoms in total. The zero-order valence-electron chi connectivity index (χ0n) is 14.6. The van der Waals surface area contributed by atoms with Crippen LogP contribution < -0.4 is 0 Å². The van der Waals surface area contributed by atoms with Crippen molar-refractivity contribution in [2.24, 2.45) is 5.92 Å². The summed E-state index contributed by atoms with van der Waals surface area (Å²) in [5.41, 5.74) is -0.833. The van der Waals surface area contributed by atoms with Crippen LogP contribution in [0, 0.1) is 5.92 Å². The van der Waals surface area contributed by atoms with Gasteiger partial charge in [0, 0.05) is 19.0 Å². The average molecular weight is 331 g/mol. The average Bonchev–Trinajstić information content (AvgIpc) is 2.64. The Morgan fingerprint density at radius 1 is 1.08 bits per heavy atom. The van der Waals surface area contributed by atoms with Crippen molar-refractivity contribution in [1.82, 2.24) is 4.90 Å². The number of hydrogen-bond acceptors (Lipinski definition) is 4. The zero-order chi connectivity index (χ0) is 17.0. The molecule has 132 valence electrons. The van der Waals surface area contributed by atoms with Gasteiger partial charge in [0.15, 0.2) is 5.60 Å². The fourth-order valence-corrected chi connectivity index (χ4v) is 4.08. The quantitative estimate of drug-likeness (QED) is 0.862. The van der Waals surface area contributed by atoms with E-state index in [1.807, 2.05) is 30.3 Å². The van der Waals surface area contributed by atoms with Gasteiger partial charge >= 0.3 is 5.97 Å². The summed E-state index contributed by atoms with van der Waals surface area (Å²) in [5.74, 6) is -0.498. The molecule has 0 radical (unpaired) electrons. The highest BCUT2D eigenvalue weighted by Crippen LogP contribution is 2.40. The van der Waals surface area contributed by atoms with E-state index in [2.05, 4.69) is 11.9 Å². The minimum absolute atomic E-state index is 0.0487. The van der Waals surface area contributed by atoms with E-state index >= 15 is 0 Å². The second-order valence-electron chi connectivity index (χ2n) is 7.38. The summed E-state index contributed by atoms with van der Waals surface area (Å²) in [5, 5.41) is 11.5. The maximum Gasteiger partial charge on any atom is 0.343 e. The molecule has 1 saturated carbocycles. The summed E-state index contributed by atoms with van der Waals surface area (Å²) in [4.78, 5) is 15.3. The maximum absolute atomic E-state index is 13.0. The first kappa shape index (κ1) is 17.4. The van der Waals surface area contributed by atoms with Crippen molar-refractivity contribution in [3.63, 3.8) is 0 Å². The number of rotatable bonds is 4. The molecule has 0 amide bonds. The Labute approximate surface area is 144 Å². The van der Waals surface area contributed by atoms with E-state index in [1.54, 1.807) is 0 Å². The van der Waals surface area contributed by atoms with Crippen molar-refractivity contribution in [1.29, 1.82) is 0 Å². The van der Waals surface area contributed by atoms with Crippen molar-refractivity contribution in [2.75, 3.05) is 20.1 Å². The minimum Gasteiger partial charge on any atom is -0.460 e. The van der Waals surface area contributed by atoms with Crippen LogP contribution in [0.4, 0.5) is 0 Å². The van der Waals surface area contributed by atoms with Gasteiger partial charge in [-0.1, -0.05) is 49.6 Å². The van der Waals surface area contributed by atoms with Crippen LogP contribution in [-0.4, -0.2) is 42.2 Å². The van der Waals surface area contributed by atoms with E-state index in [4.69, 9.17) is 4.74 Å². The van der Waals surface area contributed by atoms with Crippen LogP contribution in [0.25, 0.3) is 0 Å². The highest BCUT2D eigenvalue weighted by atomic mass is 16.6. The van der Waals surface area contributed by atoms with Gasteiger partial charge in [0.05, 0.1) is 0 Å². The van der Waals surface area contributed by atoms with Crippen LogP contribution in [0.5, 0.6) is 0 Å². The van der Waals surface area contributed by atoms with Crippen LogP contribution in [0.1, 0.15) is 50.5 Å². The summed E-state index contributed by atoms with van der Waals surface area (Å²) in [6, 6.07) is 9.38. The fourth-order valence-electron chi connectivity index (χ4n) is 4.08. The molecule has 1 saturated heterocycles. The van der Waals surface area contributed by atoms with E-state index in [1.165, 1.54) is 6.42 Å². The van der Waals surface area contributed by atoms with Gasteiger partial charge in [-0.25, -0.2) is 4.79 Å². The van der Waals surface area contributed by atoms with Gasteiger partial charge < -0.3 is 14.7 Å². The van der Waals surface area contributed by atoms with Crippen LogP contribution in [-0.2, 0) is 15.1 Å². The smallest absolute Gasteiger partial charge is 0.343 e. The minimum atomic E-state index is -1.51. The van der Waals surface area contributed by atoms with Gasteiger partial charge in [-0.3, -0.25) is 0 Å². The number of likely N-dealkylation sites (tertiary alicyclic amines) is 1. The van der Waals surface area contributed by atoms with Gasteiger partial charge in [-0.15, -0.1) is 0 Å². The summed E-state index contributed by atoms with van der Waals surface area (Å²) < 4.78 is 5.80. The third kappa shape index (κ3) is 3.65. The predicted octanol–water partition coefficient (Wildman–Crippen LogP) is 3.09. The fraction of sp³-hybridized carbons (Fsp3) is 0.650. The van der Waals surface area contributed by atoms with Crippen LogP contribution in [0.2, 0.25) is 0 Å². The van der Waals surface area contributed by atoms with Gasteiger partial charge in [-0.05, 0) is 38.3 Å². The molecular weight excluding hydrogens is 302 g/mol. The van der Waals surface area contributed by atoms with Crippen LogP contribution in [0.15, 0.2) is 30.3 Å². The molecule has 4 heteroatoms. The topological polar surface area (TPSA) is 49.8 Å². The van der Waals surface area contributed by atoms with Gasteiger partial charge in [-0.2, -0.15) is 0 Å². The Balaban J connectivity index is 1.80. The molecule has 1 aromatic rings. The lowest BCUT2D eigenvalue weighted by Crippen LogP contribution is -2.47. The second-order valence-corrected chi connectivity index (χ2v) is 7.38. The van der Waals surface area contributed by atoms with Crippen LogP contribution in [0.3, 0.4) is 0 Å². The summed E-state index contributed by atoms with van der Waals surface area (Å²) in [6.45, 7) is 1.87. The third-order valence-corrected chi connectivity index (χ3v) is 5.66. The van der Waals surface area contributed by atoms with Crippen molar-refractivity contribution in [2.45, 2.75) is 56.7 Å². The molecule has 2 fully saturated rings. The molecular formula is C20H29NO3. The summed E-state index contributed by atoms with van der Waals surface area (Å²) in [6.07, 6.45) is 6.71. The molecule has 0 aromatic heterocycles. The van der Waals surface area contributed by atoms with E-state index < -0.39 is 11.6 Å². The number of aliphatic hydroxyl groups is 1. The summed E-state index contributed by atoms with van der Waals surface area (Å²) >= 11 is 0. The van der Waals surface area contributed by atoms with E-state index in [0.717, 1.165) is 51.6 Å². The van der Waals surface area contributed by atoms with Crippen molar-refractivity contribution < 1.29 is 14.6 Å². The third-order valence-electron chi connectivity index (χ3n) is 5.66. The molecule has 24 heavy (non-hydrogen) atoms. The van der Waals surface area contributed by atoms with Gasteiger partial charge in [0.25, 0.3) is 0 Å². The molecule has 0 spiro atoms. The molecule has 1 atom stereocenters. The number of carbonyl (C=O) groups is 1. The summed E-state index contributed by atoms with van der Waals surface area (Å²) in [7, 11) is 2.08. The Hall–Kier alpha value is -1.39. The molecule has 1 aliphatic heterocycles. The molecule has 3 rings (SSSR count). The molecule has 1 aromatic carbocycles. The van der Waals surface area contributed by atoms with E-state index in [0.29, 0.717) is 5.56 Å². The first-order valence-electron chi connectivity index (χ1n) is 9.28. The van der Waals surface area contributed by atoms with Crippen molar-refractivity contribution in [3.05, 3.63) is 35.9 Å². The SMILES string of the molecule is CN1CCC(OC(=O)[C@](O)(c2ccccc2)C2CCCCC2)CC1. The number of ether oxygens (including phenoxy) is 1. The molecule has 1 heterocycles. The Bertz CT molecular complexity index is 533. The Morgan fingerprint density at radius 3 is 2.33 bits per heavy atom. The number of hydrogen-bond donors (Lipinski definition) is 1. The standard InChI is InChI=1S/C20H29NO3/c1-21-14-12-18(13-15-21)24-19(22)20(23,16-8-4-2-5-9-16)17-10-6-3-7-11-17/h2,4-5,8-9,17-18,23H,3,6-7,10-15H2,1H3/t20-/m0/s1. The highest BCUT2D eigenvalue weighted by Gasteiger charge is 2.47. The highest BCUT2D eigenvalue weighted by molar-refractivity contribution is 5.81. The van der Waals surface area contributed by atoms with Crippen molar-refractivity contribution >= 4 is 5.97 Å². The predicted molar refractivity (Wildman–Crippen MR) is 93.5 cm³/mol. The monoisotopic (exact) mass is 331 g/mol. The molecule has 0 unspecified atom stereocenters. The van der Waals surface area contributed by atoms with E-state index in [-0.39, 0.29) is 12.0 Å². The molecule has 0 bridgehead atoms. The second kappa shape index (κ2) is 7.66. The first-order valence-corrected chi connectivity index (χ1v) is 9.28. The molecule has 2 aliphatic rings. The number of benzene rings is 1. The number of esters is 1. The normalized spacial score (nSPS) is 23.6.